The zero-order valence-corrected chi connectivity index (χ0v) is 21.1. The first-order chi connectivity index (χ1) is 13.5. The van der Waals surface area contributed by atoms with E-state index in [0.717, 1.165) is 44.4 Å². The van der Waals surface area contributed by atoms with Gasteiger partial charge in [-0.2, -0.15) is 17.5 Å². The van der Waals surface area contributed by atoms with Gasteiger partial charge in [-0.05, 0) is 44.1 Å². The van der Waals surface area contributed by atoms with Crippen LogP contribution in [0.15, 0.2) is 4.99 Å². The van der Waals surface area contributed by atoms with E-state index in [0.29, 0.717) is 23.1 Å². The highest BCUT2D eigenvalue weighted by Crippen LogP contribution is 2.29. The summed E-state index contributed by atoms with van der Waals surface area (Å²) in [5.41, 5.74) is -5.24. The quantitative estimate of drug-likeness (QED) is 0.223. The Balaban J connectivity index is 0.00000450. The second-order valence-corrected chi connectivity index (χ2v) is 10.3. The van der Waals surface area contributed by atoms with Crippen molar-refractivity contribution in [1.82, 2.24) is 19.8 Å². The summed E-state index contributed by atoms with van der Waals surface area (Å²) in [4.78, 5) is 6.66. The van der Waals surface area contributed by atoms with Gasteiger partial charge in [0, 0.05) is 45.8 Å². The van der Waals surface area contributed by atoms with Crippen LogP contribution in [-0.4, -0.2) is 81.4 Å². The highest BCUT2D eigenvalue weighted by Gasteiger charge is 2.50. The monoisotopic (exact) mass is 569 g/mol. The van der Waals surface area contributed by atoms with E-state index in [2.05, 4.69) is 34.4 Å². The van der Waals surface area contributed by atoms with E-state index >= 15 is 0 Å². The minimum absolute atomic E-state index is 0. The number of nitrogens with zero attached hydrogens (tertiary/aromatic N) is 3. The van der Waals surface area contributed by atoms with Gasteiger partial charge < -0.3 is 15.5 Å². The highest BCUT2D eigenvalue weighted by molar-refractivity contribution is 14.0. The number of halogens is 4. The Kier molecular flexibility index (Phi) is 11.1. The van der Waals surface area contributed by atoms with Gasteiger partial charge in [0.1, 0.15) is 0 Å². The topological polar surface area (TPSA) is 77.0 Å². The van der Waals surface area contributed by atoms with E-state index in [1.165, 1.54) is 6.42 Å². The Hall–Kier alpha value is -0.340. The summed E-state index contributed by atoms with van der Waals surface area (Å²) in [6, 6.07) is -0.107. The van der Waals surface area contributed by atoms with Crippen molar-refractivity contribution in [2.45, 2.75) is 51.1 Å². The Morgan fingerprint density at radius 3 is 2.20 bits per heavy atom. The fraction of sp³-hybridized carbons (Fsp3) is 0.944. The normalized spacial score (nSPS) is 25.6. The lowest BCUT2D eigenvalue weighted by Gasteiger charge is -2.35. The number of nitrogens with one attached hydrogen (secondary N) is 2. The van der Waals surface area contributed by atoms with Gasteiger partial charge in [0.15, 0.2) is 5.96 Å². The maximum Gasteiger partial charge on any atom is 0.511 e. The van der Waals surface area contributed by atoms with Crippen molar-refractivity contribution in [3.8, 4) is 0 Å². The van der Waals surface area contributed by atoms with Crippen molar-refractivity contribution >= 4 is 40.0 Å². The summed E-state index contributed by atoms with van der Waals surface area (Å²) in [7, 11) is -3.59. The molecule has 2 saturated heterocycles. The molecule has 0 aromatic carbocycles. The number of rotatable bonds is 6. The van der Waals surface area contributed by atoms with Gasteiger partial charge in [-0.15, -0.1) is 24.0 Å². The molecule has 2 unspecified atom stereocenters. The van der Waals surface area contributed by atoms with E-state index in [9.17, 15) is 21.6 Å². The van der Waals surface area contributed by atoms with Gasteiger partial charge in [-0.3, -0.25) is 4.99 Å². The Morgan fingerprint density at radius 2 is 1.70 bits per heavy atom. The maximum absolute atomic E-state index is 12.7. The molecule has 0 amide bonds. The number of alkyl halides is 3. The third-order valence-corrected chi connectivity index (χ3v) is 7.17. The predicted molar refractivity (Wildman–Crippen MR) is 123 cm³/mol. The Bertz CT molecular complexity index is 645. The van der Waals surface area contributed by atoms with Gasteiger partial charge in [0.05, 0.1) is 0 Å². The SMILES string of the molecule is CN=C(NCCCN1CC(C)CC(C)C1)NC1CCN(S(=O)(=O)C(F)(F)F)CC1.I. The molecule has 0 bridgehead atoms. The van der Waals surface area contributed by atoms with Crippen molar-refractivity contribution in [1.29, 1.82) is 0 Å². The Morgan fingerprint density at radius 1 is 1.13 bits per heavy atom. The van der Waals surface area contributed by atoms with Crippen LogP contribution in [0.2, 0.25) is 0 Å². The van der Waals surface area contributed by atoms with Crippen molar-refractivity contribution < 1.29 is 21.6 Å². The maximum atomic E-state index is 12.7. The zero-order chi connectivity index (χ0) is 21.7. The van der Waals surface area contributed by atoms with Crippen LogP contribution in [0.4, 0.5) is 13.2 Å². The molecular weight excluding hydrogens is 534 g/mol. The summed E-state index contributed by atoms with van der Waals surface area (Å²) in [5, 5.41) is 6.44. The van der Waals surface area contributed by atoms with E-state index < -0.39 is 15.5 Å². The number of piperidine rings is 2. The molecule has 2 atom stereocenters. The summed E-state index contributed by atoms with van der Waals surface area (Å²) in [6.45, 7) is 8.32. The van der Waals surface area contributed by atoms with Crippen LogP contribution in [0.5, 0.6) is 0 Å². The first-order valence-electron chi connectivity index (χ1n) is 10.3. The van der Waals surface area contributed by atoms with Crippen molar-refractivity contribution in [3.63, 3.8) is 0 Å². The summed E-state index contributed by atoms with van der Waals surface area (Å²) < 4.78 is 61.4. The van der Waals surface area contributed by atoms with E-state index in [1.807, 2.05) is 0 Å². The Labute approximate surface area is 195 Å². The summed E-state index contributed by atoms with van der Waals surface area (Å²) in [5.74, 6) is 2.06. The first kappa shape index (κ1) is 27.7. The molecule has 2 aliphatic heterocycles. The molecule has 2 aliphatic rings. The number of hydrogen-bond acceptors (Lipinski definition) is 4. The lowest BCUT2D eigenvalue weighted by atomic mass is 9.92. The second kappa shape index (κ2) is 12.0. The van der Waals surface area contributed by atoms with Crippen LogP contribution >= 0.6 is 24.0 Å². The predicted octanol–water partition coefficient (Wildman–Crippen LogP) is 2.45. The molecule has 0 radical (unpaired) electrons. The number of sulfonamides is 1. The van der Waals surface area contributed by atoms with Crippen LogP contribution in [-0.2, 0) is 10.0 Å². The molecule has 0 spiro atoms. The highest BCUT2D eigenvalue weighted by atomic mass is 127. The van der Waals surface area contributed by atoms with Crippen LogP contribution in [0, 0.1) is 11.8 Å². The molecule has 2 fully saturated rings. The number of guanidine groups is 1. The fourth-order valence-corrected chi connectivity index (χ4v) is 5.24. The largest absolute Gasteiger partial charge is 0.511 e. The van der Waals surface area contributed by atoms with Gasteiger partial charge in [-0.25, -0.2) is 8.42 Å². The average molecular weight is 569 g/mol. The number of aliphatic imine (C=N–C) groups is 1. The van der Waals surface area contributed by atoms with Crippen LogP contribution in [0.3, 0.4) is 0 Å². The van der Waals surface area contributed by atoms with Gasteiger partial charge in [0.2, 0.25) is 0 Å². The van der Waals surface area contributed by atoms with Crippen molar-refractivity contribution in [2.75, 3.05) is 46.3 Å². The lowest BCUT2D eigenvalue weighted by molar-refractivity contribution is -0.0494. The summed E-state index contributed by atoms with van der Waals surface area (Å²) in [6.07, 6.45) is 2.87. The molecule has 30 heavy (non-hydrogen) atoms. The molecule has 0 aromatic heterocycles. The van der Waals surface area contributed by atoms with Crippen molar-refractivity contribution in [3.05, 3.63) is 0 Å². The molecule has 0 saturated carbocycles. The van der Waals surface area contributed by atoms with Crippen molar-refractivity contribution in [2.24, 2.45) is 16.8 Å². The van der Waals surface area contributed by atoms with Crippen LogP contribution in [0.1, 0.15) is 39.5 Å². The average Bonchev–Trinajstić information content (AvgIpc) is 2.63. The smallest absolute Gasteiger partial charge is 0.356 e. The molecule has 2 rings (SSSR count). The molecule has 12 heteroatoms. The molecular formula is C18H35F3IN5O2S. The molecule has 7 nitrogen and oxygen atoms in total. The molecule has 178 valence electrons. The molecule has 2 heterocycles. The second-order valence-electron chi connectivity index (χ2n) is 8.33. The molecule has 0 aromatic rings. The van der Waals surface area contributed by atoms with E-state index in [-0.39, 0.29) is 43.1 Å². The third kappa shape index (κ3) is 7.97. The van der Waals surface area contributed by atoms with Gasteiger partial charge >= 0.3 is 15.5 Å². The lowest BCUT2D eigenvalue weighted by Crippen LogP contribution is -2.51. The molecule has 0 aliphatic carbocycles. The zero-order valence-electron chi connectivity index (χ0n) is 17.9. The minimum atomic E-state index is -5.24. The van der Waals surface area contributed by atoms with Crippen LogP contribution < -0.4 is 10.6 Å². The van der Waals surface area contributed by atoms with E-state index in [4.69, 9.17) is 0 Å². The third-order valence-electron chi connectivity index (χ3n) is 5.54. The van der Waals surface area contributed by atoms with Crippen LogP contribution in [0.25, 0.3) is 0 Å². The number of hydrogen-bond donors (Lipinski definition) is 2. The van der Waals surface area contributed by atoms with E-state index in [1.54, 1.807) is 7.05 Å². The van der Waals surface area contributed by atoms with Gasteiger partial charge in [-0.1, -0.05) is 13.8 Å². The van der Waals surface area contributed by atoms with Gasteiger partial charge in [0.25, 0.3) is 0 Å². The number of likely N-dealkylation sites (tertiary alicyclic amines) is 1. The fourth-order valence-electron chi connectivity index (χ4n) is 4.26. The first-order valence-corrected chi connectivity index (χ1v) is 11.7. The standard InChI is InChI=1S/C18H34F3N5O2S.HI/c1-14-11-15(2)13-25(12-14)8-4-7-23-17(22-3)24-16-5-9-26(10-6-16)29(27,28)18(19,20)21;/h14-16H,4-13H2,1-3H3,(H2,22,23,24);1H. The minimum Gasteiger partial charge on any atom is -0.356 e. The molecule has 2 N–H and O–H groups in total. The summed E-state index contributed by atoms with van der Waals surface area (Å²) >= 11 is 0.